The van der Waals surface area contributed by atoms with Crippen LogP contribution in [0.5, 0.6) is 5.75 Å². The van der Waals surface area contributed by atoms with E-state index in [0.717, 1.165) is 25.7 Å². The van der Waals surface area contributed by atoms with Gasteiger partial charge in [-0.1, -0.05) is 31.0 Å². The third-order valence-electron chi connectivity index (χ3n) is 4.90. The highest BCUT2D eigenvalue weighted by Crippen LogP contribution is 2.21. The first-order chi connectivity index (χ1) is 14.4. The van der Waals surface area contributed by atoms with Crippen LogP contribution in [0.3, 0.4) is 0 Å². The maximum atomic E-state index is 12.9. The normalized spacial score (nSPS) is 15.6. The molecule has 0 bridgehead atoms. The molecule has 1 saturated heterocycles. The molecule has 9 heteroatoms. The second kappa shape index (κ2) is 9.99. The number of hydrogen-bond donors (Lipinski definition) is 1. The summed E-state index contributed by atoms with van der Waals surface area (Å²) in [6, 6.07) is 11.9. The summed E-state index contributed by atoms with van der Waals surface area (Å²) in [4.78, 5) is 12.6. The smallest absolute Gasteiger partial charge is 0.387 e. The average Bonchev–Trinajstić information content (AvgIpc) is 3.03. The zero-order valence-corrected chi connectivity index (χ0v) is 17.2. The number of halogens is 2. The van der Waals surface area contributed by atoms with Crippen LogP contribution in [0, 0.1) is 0 Å². The van der Waals surface area contributed by atoms with Crippen LogP contribution < -0.4 is 10.1 Å². The van der Waals surface area contributed by atoms with Crippen molar-refractivity contribution in [2.45, 2.75) is 43.7 Å². The molecule has 2 aromatic carbocycles. The number of amides is 1. The van der Waals surface area contributed by atoms with E-state index in [1.54, 1.807) is 24.3 Å². The second-order valence-electron chi connectivity index (χ2n) is 7.05. The topological polar surface area (TPSA) is 75.7 Å². The van der Waals surface area contributed by atoms with Gasteiger partial charge >= 0.3 is 6.61 Å². The van der Waals surface area contributed by atoms with Gasteiger partial charge in [0, 0.05) is 25.2 Å². The summed E-state index contributed by atoms with van der Waals surface area (Å²) in [5, 5.41) is 2.71. The van der Waals surface area contributed by atoms with Gasteiger partial charge in [-0.25, -0.2) is 8.42 Å². The minimum atomic E-state index is -3.65. The second-order valence-corrected chi connectivity index (χ2v) is 8.99. The number of ether oxygens (including phenoxy) is 1. The van der Waals surface area contributed by atoms with Crippen molar-refractivity contribution in [3.05, 3.63) is 59.7 Å². The van der Waals surface area contributed by atoms with Crippen LogP contribution in [-0.2, 0) is 16.6 Å². The fourth-order valence-electron chi connectivity index (χ4n) is 3.30. The molecule has 6 nitrogen and oxygen atoms in total. The molecule has 1 N–H and O–H groups in total. The predicted octanol–water partition coefficient (Wildman–Crippen LogP) is 3.78. The van der Waals surface area contributed by atoms with Gasteiger partial charge in [0.25, 0.3) is 5.91 Å². The Morgan fingerprint density at radius 2 is 1.70 bits per heavy atom. The molecule has 0 aromatic heterocycles. The summed E-state index contributed by atoms with van der Waals surface area (Å²) in [6.45, 7) is -1.75. The number of sulfonamides is 1. The Kier molecular flexibility index (Phi) is 7.38. The molecule has 1 amide bonds. The average molecular weight is 438 g/mol. The quantitative estimate of drug-likeness (QED) is 0.714. The first kappa shape index (κ1) is 22.2. The van der Waals surface area contributed by atoms with Crippen molar-refractivity contribution in [3.8, 4) is 5.75 Å². The Balaban J connectivity index is 1.65. The molecule has 0 spiro atoms. The SMILES string of the molecule is O=C(NCc1ccc(OC(F)F)cc1)c1cccc(S(=O)(=O)N2CCCCCC2)c1. The van der Waals surface area contributed by atoms with Crippen molar-refractivity contribution in [1.29, 1.82) is 0 Å². The highest BCUT2D eigenvalue weighted by molar-refractivity contribution is 7.89. The van der Waals surface area contributed by atoms with E-state index < -0.39 is 22.5 Å². The zero-order valence-electron chi connectivity index (χ0n) is 16.4. The van der Waals surface area contributed by atoms with Crippen LogP contribution in [0.1, 0.15) is 41.6 Å². The molecule has 3 rings (SSSR count). The number of carbonyl (C=O) groups excluding carboxylic acids is 1. The summed E-state index contributed by atoms with van der Waals surface area (Å²) in [5.74, 6) is -0.387. The summed E-state index contributed by atoms with van der Waals surface area (Å²) in [5.41, 5.74) is 0.932. The van der Waals surface area contributed by atoms with Crippen molar-refractivity contribution in [2.75, 3.05) is 13.1 Å². The van der Waals surface area contributed by atoms with Gasteiger partial charge in [0.05, 0.1) is 4.90 Å². The van der Waals surface area contributed by atoms with E-state index in [9.17, 15) is 22.0 Å². The summed E-state index contributed by atoms with van der Waals surface area (Å²) in [7, 11) is -3.65. The van der Waals surface area contributed by atoms with Gasteiger partial charge in [-0.2, -0.15) is 13.1 Å². The number of rotatable bonds is 7. The van der Waals surface area contributed by atoms with E-state index in [-0.39, 0.29) is 22.8 Å². The highest BCUT2D eigenvalue weighted by Gasteiger charge is 2.25. The third kappa shape index (κ3) is 5.76. The number of carbonyl (C=O) groups is 1. The molecule has 1 aliphatic rings. The molecule has 1 fully saturated rings. The lowest BCUT2D eigenvalue weighted by Crippen LogP contribution is -2.32. The van der Waals surface area contributed by atoms with Crippen LogP contribution in [0.4, 0.5) is 8.78 Å². The number of nitrogens with zero attached hydrogens (tertiary/aromatic N) is 1. The summed E-state index contributed by atoms with van der Waals surface area (Å²) < 4.78 is 56.0. The molecule has 0 unspecified atom stereocenters. The molecule has 1 heterocycles. The van der Waals surface area contributed by atoms with Crippen molar-refractivity contribution in [3.63, 3.8) is 0 Å². The number of benzene rings is 2. The minimum absolute atomic E-state index is 0.0338. The Hall–Kier alpha value is -2.52. The molecule has 1 aliphatic heterocycles. The van der Waals surface area contributed by atoms with Gasteiger partial charge in [0.1, 0.15) is 5.75 Å². The number of alkyl halides is 2. The van der Waals surface area contributed by atoms with Crippen molar-refractivity contribution in [2.24, 2.45) is 0 Å². The molecule has 162 valence electrons. The van der Waals surface area contributed by atoms with E-state index >= 15 is 0 Å². The first-order valence-electron chi connectivity index (χ1n) is 9.78. The summed E-state index contributed by atoms with van der Waals surface area (Å²) in [6.07, 6.45) is 3.70. The largest absolute Gasteiger partial charge is 0.435 e. The first-order valence-corrected chi connectivity index (χ1v) is 11.2. The van der Waals surface area contributed by atoms with E-state index in [1.165, 1.54) is 28.6 Å². The van der Waals surface area contributed by atoms with Gasteiger partial charge in [0.2, 0.25) is 10.0 Å². The van der Waals surface area contributed by atoms with Gasteiger partial charge < -0.3 is 10.1 Å². The van der Waals surface area contributed by atoms with Crippen molar-refractivity contribution in [1.82, 2.24) is 9.62 Å². The molecular formula is C21H24F2N2O4S. The van der Waals surface area contributed by atoms with E-state index in [4.69, 9.17) is 0 Å². The van der Waals surface area contributed by atoms with E-state index in [1.807, 2.05) is 0 Å². The zero-order chi connectivity index (χ0) is 21.6. The molecule has 0 radical (unpaired) electrons. The predicted molar refractivity (Wildman–Crippen MR) is 108 cm³/mol. The Bertz CT molecular complexity index is 957. The third-order valence-corrected chi connectivity index (χ3v) is 6.80. The minimum Gasteiger partial charge on any atom is -0.435 e. The van der Waals surface area contributed by atoms with Crippen LogP contribution in [0.15, 0.2) is 53.4 Å². The summed E-state index contributed by atoms with van der Waals surface area (Å²) >= 11 is 0. The van der Waals surface area contributed by atoms with Crippen LogP contribution in [0.2, 0.25) is 0 Å². The number of hydrogen-bond acceptors (Lipinski definition) is 4. The van der Waals surface area contributed by atoms with E-state index in [2.05, 4.69) is 10.1 Å². The fourth-order valence-corrected chi connectivity index (χ4v) is 4.87. The van der Waals surface area contributed by atoms with E-state index in [0.29, 0.717) is 18.7 Å². The lowest BCUT2D eigenvalue weighted by molar-refractivity contribution is -0.0498. The Labute approximate surface area is 174 Å². The standard InChI is InChI=1S/C21H24F2N2O4S/c22-21(23)29-18-10-8-16(9-11-18)15-24-20(26)17-6-5-7-19(14-17)30(27,28)25-12-3-1-2-4-13-25/h5-11,14,21H,1-4,12-13,15H2,(H,24,26). The van der Waals surface area contributed by atoms with Gasteiger partial charge in [-0.15, -0.1) is 0 Å². The van der Waals surface area contributed by atoms with Crippen LogP contribution in [0.25, 0.3) is 0 Å². The fraction of sp³-hybridized carbons (Fsp3) is 0.381. The van der Waals surface area contributed by atoms with Gasteiger partial charge in [0.15, 0.2) is 0 Å². The lowest BCUT2D eigenvalue weighted by Gasteiger charge is -2.20. The lowest BCUT2D eigenvalue weighted by atomic mass is 10.2. The van der Waals surface area contributed by atoms with Crippen molar-refractivity contribution < 1.29 is 26.7 Å². The van der Waals surface area contributed by atoms with Crippen LogP contribution >= 0.6 is 0 Å². The Morgan fingerprint density at radius 1 is 1.03 bits per heavy atom. The maximum Gasteiger partial charge on any atom is 0.387 e. The van der Waals surface area contributed by atoms with Crippen molar-refractivity contribution >= 4 is 15.9 Å². The van der Waals surface area contributed by atoms with Gasteiger partial charge in [-0.3, -0.25) is 4.79 Å². The number of nitrogens with one attached hydrogen (secondary N) is 1. The van der Waals surface area contributed by atoms with Crippen LogP contribution in [-0.4, -0.2) is 38.3 Å². The monoisotopic (exact) mass is 438 g/mol. The maximum absolute atomic E-state index is 12.9. The molecule has 0 saturated carbocycles. The van der Waals surface area contributed by atoms with Gasteiger partial charge in [-0.05, 0) is 48.7 Å². The molecule has 2 aromatic rings. The molecule has 0 aliphatic carbocycles. The molecule has 30 heavy (non-hydrogen) atoms. The molecule has 0 atom stereocenters. The Morgan fingerprint density at radius 3 is 2.33 bits per heavy atom. The molecular weight excluding hydrogens is 414 g/mol. The highest BCUT2D eigenvalue weighted by atomic mass is 32.2.